The highest BCUT2D eigenvalue weighted by Crippen LogP contribution is 2.23. The van der Waals surface area contributed by atoms with Gasteiger partial charge in [-0.2, -0.15) is 0 Å². The average molecular weight is 368 g/mol. The molecule has 2 aromatic rings. The smallest absolute Gasteiger partial charge is 0.210 e. The van der Waals surface area contributed by atoms with E-state index in [9.17, 15) is 8.42 Å². The van der Waals surface area contributed by atoms with Crippen LogP contribution in [0.5, 0.6) is 0 Å². The molecule has 0 bridgehead atoms. The molecule has 2 rings (SSSR count). The van der Waals surface area contributed by atoms with Crippen LogP contribution < -0.4 is 4.72 Å². The van der Waals surface area contributed by atoms with E-state index in [0.29, 0.717) is 11.4 Å². The molecular formula is C16H18BrNO2S. The van der Waals surface area contributed by atoms with Crippen molar-refractivity contribution >= 4 is 26.0 Å². The number of sulfonamides is 1. The summed E-state index contributed by atoms with van der Waals surface area (Å²) >= 11 is 3.51. The van der Waals surface area contributed by atoms with Crippen LogP contribution >= 0.6 is 15.9 Å². The zero-order chi connectivity index (χ0) is 15.5. The lowest BCUT2D eigenvalue weighted by Crippen LogP contribution is -2.27. The van der Waals surface area contributed by atoms with Gasteiger partial charge in [-0.25, -0.2) is 13.1 Å². The van der Waals surface area contributed by atoms with E-state index in [1.54, 1.807) is 6.07 Å². The summed E-state index contributed by atoms with van der Waals surface area (Å²) in [5, 5.41) is 0. The van der Waals surface area contributed by atoms with Crippen molar-refractivity contribution in [1.82, 2.24) is 4.72 Å². The summed E-state index contributed by atoms with van der Waals surface area (Å²) in [4.78, 5) is 0.278. The molecule has 1 unspecified atom stereocenters. The lowest BCUT2D eigenvalue weighted by atomic mass is 10.2. The highest BCUT2D eigenvalue weighted by atomic mass is 79.9. The van der Waals surface area contributed by atoms with Gasteiger partial charge < -0.3 is 0 Å². The van der Waals surface area contributed by atoms with Gasteiger partial charge in [0.15, 0.2) is 0 Å². The van der Waals surface area contributed by atoms with Crippen LogP contribution in [0.4, 0.5) is 0 Å². The lowest BCUT2D eigenvalue weighted by Gasteiger charge is -2.13. The third kappa shape index (κ3) is 4.15. The van der Waals surface area contributed by atoms with Crippen molar-refractivity contribution in [2.75, 3.05) is 6.54 Å². The van der Waals surface area contributed by atoms with Gasteiger partial charge in [-0.05, 0) is 31.0 Å². The molecule has 2 aromatic carbocycles. The molecule has 0 fully saturated rings. The summed E-state index contributed by atoms with van der Waals surface area (Å²) in [6.45, 7) is 4.06. The van der Waals surface area contributed by atoms with Crippen molar-refractivity contribution in [3.05, 3.63) is 65.2 Å². The van der Waals surface area contributed by atoms with E-state index in [4.69, 9.17) is 0 Å². The van der Waals surface area contributed by atoms with Crippen LogP contribution in [0.15, 0.2) is 53.4 Å². The Labute approximate surface area is 134 Å². The monoisotopic (exact) mass is 367 g/mol. The molecule has 0 aromatic heterocycles. The van der Waals surface area contributed by atoms with Crippen LogP contribution in [0.1, 0.15) is 21.5 Å². The molecule has 0 spiro atoms. The average Bonchev–Trinajstić information content (AvgIpc) is 2.45. The zero-order valence-corrected chi connectivity index (χ0v) is 14.4. The van der Waals surface area contributed by atoms with Crippen molar-refractivity contribution < 1.29 is 8.42 Å². The van der Waals surface area contributed by atoms with Crippen LogP contribution in [0, 0.1) is 13.8 Å². The van der Waals surface area contributed by atoms with Crippen LogP contribution in [-0.4, -0.2) is 15.0 Å². The van der Waals surface area contributed by atoms with Crippen LogP contribution in [0.25, 0.3) is 0 Å². The first kappa shape index (κ1) is 16.2. The maximum Gasteiger partial charge on any atom is 0.240 e. The second-order valence-corrected chi connectivity index (χ2v) is 7.84. The molecule has 0 aliphatic carbocycles. The van der Waals surface area contributed by atoms with Gasteiger partial charge in [-0.15, -0.1) is 0 Å². The Morgan fingerprint density at radius 1 is 1.10 bits per heavy atom. The van der Waals surface area contributed by atoms with Gasteiger partial charge in [0.2, 0.25) is 10.0 Å². The number of rotatable bonds is 5. The van der Waals surface area contributed by atoms with Gasteiger partial charge in [0.05, 0.1) is 9.72 Å². The minimum atomic E-state index is -3.49. The van der Waals surface area contributed by atoms with Crippen molar-refractivity contribution in [3.63, 3.8) is 0 Å². The summed E-state index contributed by atoms with van der Waals surface area (Å²) in [6.07, 6.45) is 0. The van der Waals surface area contributed by atoms with Crippen LogP contribution in [0.2, 0.25) is 0 Å². The Hall–Kier alpha value is -1.17. The largest absolute Gasteiger partial charge is 0.240 e. The lowest BCUT2D eigenvalue weighted by molar-refractivity contribution is 0.581. The first-order valence-corrected chi connectivity index (χ1v) is 9.06. The standard InChI is InChI=1S/C16H18BrNO2S/c1-12-8-9-16(13(2)10-12)21(19,20)18-11-15(17)14-6-4-3-5-7-14/h3-10,15,18H,11H2,1-2H3. The third-order valence-corrected chi connectivity index (χ3v) is 5.67. The number of benzene rings is 2. The summed E-state index contributed by atoms with van der Waals surface area (Å²) in [6, 6.07) is 15.1. The van der Waals surface area contributed by atoms with Crippen LogP contribution in [-0.2, 0) is 10.0 Å². The van der Waals surface area contributed by atoms with Gasteiger partial charge in [0, 0.05) is 6.54 Å². The first-order chi connectivity index (χ1) is 9.90. The SMILES string of the molecule is Cc1ccc(S(=O)(=O)NCC(Br)c2ccccc2)c(C)c1. The molecular weight excluding hydrogens is 350 g/mol. The second-order valence-electron chi connectivity index (χ2n) is 5.00. The van der Waals surface area contributed by atoms with Gasteiger partial charge in [0.1, 0.15) is 0 Å². The predicted octanol–water partition coefficient (Wildman–Crippen LogP) is 3.72. The highest BCUT2D eigenvalue weighted by molar-refractivity contribution is 9.09. The fourth-order valence-electron chi connectivity index (χ4n) is 2.14. The fourth-order valence-corrected chi connectivity index (χ4v) is 4.09. The molecule has 0 amide bonds. The first-order valence-electron chi connectivity index (χ1n) is 6.66. The molecule has 112 valence electrons. The molecule has 0 saturated heterocycles. The molecule has 0 saturated carbocycles. The number of hydrogen-bond donors (Lipinski definition) is 1. The van der Waals surface area contributed by atoms with E-state index in [2.05, 4.69) is 20.7 Å². The van der Waals surface area contributed by atoms with Crippen molar-refractivity contribution in [2.24, 2.45) is 0 Å². The second kappa shape index (κ2) is 6.73. The molecule has 0 aliphatic rings. The fraction of sp³-hybridized carbons (Fsp3) is 0.250. The van der Waals surface area contributed by atoms with E-state index in [1.807, 2.05) is 56.3 Å². The zero-order valence-electron chi connectivity index (χ0n) is 12.0. The van der Waals surface area contributed by atoms with E-state index >= 15 is 0 Å². The van der Waals surface area contributed by atoms with Gasteiger partial charge in [-0.1, -0.05) is 64.0 Å². The Bertz CT molecular complexity index is 714. The minimum absolute atomic E-state index is 0.0563. The number of alkyl halides is 1. The highest BCUT2D eigenvalue weighted by Gasteiger charge is 2.18. The maximum absolute atomic E-state index is 12.4. The molecule has 21 heavy (non-hydrogen) atoms. The van der Waals surface area contributed by atoms with Gasteiger partial charge in [-0.3, -0.25) is 0 Å². The van der Waals surface area contributed by atoms with Crippen molar-refractivity contribution in [3.8, 4) is 0 Å². The molecule has 1 atom stereocenters. The number of nitrogens with one attached hydrogen (secondary N) is 1. The summed E-state index contributed by atoms with van der Waals surface area (Å²) in [5.74, 6) is 0. The molecule has 0 aliphatic heterocycles. The number of aryl methyl sites for hydroxylation is 2. The quantitative estimate of drug-likeness (QED) is 0.818. The van der Waals surface area contributed by atoms with Crippen molar-refractivity contribution in [1.29, 1.82) is 0 Å². The molecule has 3 nitrogen and oxygen atoms in total. The van der Waals surface area contributed by atoms with Crippen molar-refractivity contribution in [2.45, 2.75) is 23.6 Å². The van der Waals surface area contributed by atoms with Gasteiger partial charge in [0.25, 0.3) is 0 Å². The van der Waals surface area contributed by atoms with E-state index in [0.717, 1.165) is 16.7 Å². The Balaban J connectivity index is 2.11. The van der Waals surface area contributed by atoms with Crippen LogP contribution in [0.3, 0.4) is 0 Å². The normalized spacial score (nSPS) is 13.1. The third-order valence-electron chi connectivity index (χ3n) is 3.23. The van der Waals surface area contributed by atoms with E-state index in [1.165, 1.54) is 0 Å². The molecule has 5 heteroatoms. The molecule has 0 radical (unpaired) electrons. The van der Waals surface area contributed by atoms with E-state index < -0.39 is 10.0 Å². The van der Waals surface area contributed by atoms with E-state index in [-0.39, 0.29) is 4.83 Å². The Morgan fingerprint density at radius 3 is 2.38 bits per heavy atom. The summed E-state index contributed by atoms with van der Waals surface area (Å²) in [5.41, 5.74) is 2.85. The number of halogens is 1. The predicted molar refractivity (Wildman–Crippen MR) is 89.2 cm³/mol. The summed E-state index contributed by atoms with van der Waals surface area (Å²) in [7, 11) is -3.49. The Kier molecular flexibility index (Phi) is 5.19. The topological polar surface area (TPSA) is 46.2 Å². The Morgan fingerprint density at radius 2 is 1.76 bits per heavy atom. The number of hydrogen-bond acceptors (Lipinski definition) is 2. The molecule has 1 N–H and O–H groups in total. The summed E-state index contributed by atoms with van der Waals surface area (Å²) < 4.78 is 27.4. The molecule has 0 heterocycles. The maximum atomic E-state index is 12.4. The minimum Gasteiger partial charge on any atom is -0.210 e. The van der Waals surface area contributed by atoms with Gasteiger partial charge >= 0.3 is 0 Å².